The number of benzene rings is 1. The maximum Gasteiger partial charge on any atom is 0.252 e. The van der Waals surface area contributed by atoms with Crippen LogP contribution in [0.25, 0.3) is 0 Å². The van der Waals surface area contributed by atoms with Crippen molar-refractivity contribution in [3.05, 3.63) is 46.6 Å². The van der Waals surface area contributed by atoms with Crippen molar-refractivity contribution in [2.75, 3.05) is 6.54 Å². The fraction of sp³-hybridized carbons (Fsp3) is 0.357. The summed E-state index contributed by atoms with van der Waals surface area (Å²) in [6.07, 6.45) is 0.496. The van der Waals surface area contributed by atoms with Gasteiger partial charge < -0.3 is 9.73 Å². The number of nitrogens with one attached hydrogen (secondary N) is 1. The highest BCUT2D eigenvalue weighted by Crippen LogP contribution is 2.14. The first-order valence-corrected chi connectivity index (χ1v) is 6.80. The number of aromatic nitrogens is 2. The normalized spacial score (nSPS) is 10.8. The lowest BCUT2D eigenvalue weighted by molar-refractivity contribution is 0.0953. The van der Waals surface area contributed by atoms with Crippen molar-refractivity contribution >= 4 is 17.5 Å². The second-order valence-corrected chi connectivity index (χ2v) is 5.08. The van der Waals surface area contributed by atoms with Gasteiger partial charge in [0.15, 0.2) is 0 Å². The van der Waals surface area contributed by atoms with Gasteiger partial charge in [0.2, 0.25) is 11.8 Å². The summed E-state index contributed by atoms with van der Waals surface area (Å²) in [7, 11) is 0. The number of halogens is 1. The molecule has 0 saturated carbocycles. The van der Waals surface area contributed by atoms with Crippen molar-refractivity contribution in [1.29, 1.82) is 0 Å². The standard InChI is InChI=1S/C14H16ClN3O2/c1-9(2)14-18-17-12(20-14)7-8-16-13(19)10-5-3-4-6-11(10)15/h3-6,9H,7-8H2,1-2H3,(H,16,19). The minimum Gasteiger partial charge on any atom is -0.425 e. The third-order valence-electron chi connectivity index (χ3n) is 2.72. The lowest BCUT2D eigenvalue weighted by Gasteiger charge is -2.05. The van der Waals surface area contributed by atoms with Crippen LogP contribution in [0, 0.1) is 0 Å². The predicted octanol–water partition coefficient (Wildman–Crippen LogP) is 2.82. The van der Waals surface area contributed by atoms with E-state index in [4.69, 9.17) is 16.0 Å². The zero-order valence-electron chi connectivity index (χ0n) is 11.4. The maximum atomic E-state index is 11.9. The van der Waals surface area contributed by atoms with Crippen LogP contribution in [0.15, 0.2) is 28.7 Å². The van der Waals surface area contributed by atoms with Gasteiger partial charge in [0.05, 0.1) is 10.6 Å². The number of carbonyl (C=O) groups excluding carboxylic acids is 1. The number of hydrogen-bond acceptors (Lipinski definition) is 4. The largest absolute Gasteiger partial charge is 0.425 e. The van der Waals surface area contributed by atoms with Gasteiger partial charge in [-0.3, -0.25) is 4.79 Å². The summed E-state index contributed by atoms with van der Waals surface area (Å²) in [6, 6.07) is 6.92. The Balaban J connectivity index is 1.86. The first kappa shape index (κ1) is 14.5. The molecule has 0 aliphatic carbocycles. The molecule has 1 amide bonds. The van der Waals surface area contributed by atoms with Gasteiger partial charge in [0.1, 0.15) is 0 Å². The van der Waals surface area contributed by atoms with Crippen LogP contribution < -0.4 is 5.32 Å². The Kier molecular flexibility index (Phi) is 4.74. The number of hydrogen-bond donors (Lipinski definition) is 1. The summed E-state index contributed by atoms with van der Waals surface area (Å²) >= 11 is 5.95. The van der Waals surface area contributed by atoms with E-state index in [1.165, 1.54) is 0 Å². The van der Waals surface area contributed by atoms with Crippen LogP contribution in [0.2, 0.25) is 5.02 Å². The van der Waals surface area contributed by atoms with E-state index < -0.39 is 0 Å². The number of carbonyl (C=O) groups is 1. The van der Waals surface area contributed by atoms with Gasteiger partial charge in [0.25, 0.3) is 5.91 Å². The molecule has 0 spiro atoms. The van der Waals surface area contributed by atoms with Crippen LogP contribution >= 0.6 is 11.6 Å². The minimum atomic E-state index is -0.209. The van der Waals surface area contributed by atoms with Crippen LogP contribution in [-0.4, -0.2) is 22.6 Å². The first-order valence-electron chi connectivity index (χ1n) is 6.43. The van der Waals surface area contributed by atoms with Gasteiger partial charge in [-0.25, -0.2) is 0 Å². The minimum absolute atomic E-state index is 0.203. The zero-order chi connectivity index (χ0) is 14.5. The van der Waals surface area contributed by atoms with E-state index in [1.54, 1.807) is 24.3 Å². The van der Waals surface area contributed by atoms with Crippen molar-refractivity contribution in [2.45, 2.75) is 26.2 Å². The quantitative estimate of drug-likeness (QED) is 0.920. The summed E-state index contributed by atoms with van der Waals surface area (Å²) in [4.78, 5) is 11.9. The van der Waals surface area contributed by atoms with Crippen LogP contribution in [0.5, 0.6) is 0 Å². The van der Waals surface area contributed by atoms with Crippen LogP contribution in [-0.2, 0) is 6.42 Å². The third-order valence-corrected chi connectivity index (χ3v) is 3.05. The Morgan fingerprint density at radius 3 is 2.75 bits per heavy atom. The highest BCUT2D eigenvalue weighted by Gasteiger charge is 2.11. The number of rotatable bonds is 5. The summed E-state index contributed by atoms with van der Waals surface area (Å²) in [5, 5.41) is 11.1. The highest BCUT2D eigenvalue weighted by molar-refractivity contribution is 6.33. The SMILES string of the molecule is CC(C)c1nnc(CCNC(=O)c2ccccc2Cl)o1. The zero-order valence-corrected chi connectivity index (χ0v) is 12.1. The molecular formula is C14H16ClN3O2. The molecule has 2 rings (SSSR count). The lowest BCUT2D eigenvalue weighted by atomic mass is 10.2. The second kappa shape index (κ2) is 6.52. The fourth-order valence-electron chi connectivity index (χ4n) is 1.62. The van der Waals surface area contributed by atoms with E-state index in [0.29, 0.717) is 35.3 Å². The lowest BCUT2D eigenvalue weighted by Crippen LogP contribution is -2.26. The van der Waals surface area contributed by atoms with Gasteiger partial charge in [0, 0.05) is 18.9 Å². The highest BCUT2D eigenvalue weighted by atomic mass is 35.5. The third kappa shape index (κ3) is 3.57. The molecule has 0 atom stereocenters. The smallest absolute Gasteiger partial charge is 0.252 e. The predicted molar refractivity (Wildman–Crippen MR) is 75.9 cm³/mol. The van der Waals surface area contributed by atoms with Gasteiger partial charge >= 0.3 is 0 Å². The van der Waals surface area contributed by atoms with Crippen molar-refractivity contribution in [2.24, 2.45) is 0 Å². The molecule has 106 valence electrons. The van der Waals surface area contributed by atoms with Gasteiger partial charge in [-0.05, 0) is 12.1 Å². The molecule has 2 aromatic rings. The molecule has 5 nitrogen and oxygen atoms in total. The first-order chi connectivity index (χ1) is 9.58. The average molecular weight is 294 g/mol. The van der Waals surface area contributed by atoms with Crippen LogP contribution in [0.3, 0.4) is 0 Å². The number of amides is 1. The monoisotopic (exact) mass is 293 g/mol. The van der Waals surface area contributed by atoms with Crippen molar-refractivity contribution < 1.29 is 9.21 Å². The van der Waals surface area contributed by atoms with E-state index in [2.05, 4.69) is 15.5 Å². The van der Waals surface area contributed by atoms with Gasteiger partial charge in [-0.15, -0.1) is 10.2 Å². The molecule has 20 heavy (non-hydrogen) atoms. The molecule has 1 N–H and O–H groups in total. The molecule has 0 fully saturated rings. The fourth-order valence-corrected chi connectivity index (χ4v) is 1.85. The van der Waals surface area contributed by atoms with Gasteiger partial charge in [-0.1, -0.05) is 37.6 Å². The second-order valence-electron chi connectivity index (χ2n) is 4.67. The topological polar surface area (TPSA) is 68.0 Å². The van der Waals surface area contributed by atoms with E-state index in [1.807, 2.05) is 13.8 Å². The average Bonchev–Trinajstić information content (AvgIpc) is 2.88. The van der Waals surface area contributed by atoms with E-state index >= 15 is 0 Å². The van der Waals surface area contributed by atoms with E-state index in [-0.39, 0.29) is 11.8 Å². The molecule has 0 radical (unpaired) electrons. The maximum absolute atomic E-state index is 11.9. The van der Waals surface area contributed by atoms with Crippen LogP contribution in [0.4, 0.5) is 0 Å². The summed E-state index contributed by atoms with van der Waals surface area (Å²) in [6.45, 7) is 4.39. The molecule has 0 aliphatic heterocycles. The van der Waals surface area contributed by atoms with Crippen molar-refractivity contribution in [3.8, 4) is 0 Å². The molecule has 1 aromatic heterocycles. The van der Waals surface area contributed by atoms with Crippen molar-refractivity contribution in [1.82, 2.24) is 15.5 Å². The van der Waals surface area contributed by atoms with Crippen LogP contribution in [0.1, 0.15) is 41.9 Å². The van der Waals surface area contributed by atoms with E-state index in [9.17, 15) is 4.79 Å². The molecule has 6 heteroatoms. The molecule has 1 heterocycles. The Morgan fingerprint density at radius 1 is 1.35 bits per heavy atom. The number of nitrogens with zero attached hydrogens (tertiary/aromatic N) is 2. The Hall–Kier alpha value is -1.88. The van der Waals surface area contributed by atoms with E-state index in [0.717, 1.165) is 0 Å². The Labute approximate surface area is 122 Å². The summed E-state index contributed by atoms with van der Waals surface area (Å²) < 4.78 is 5.46. The molecule has 0 bridgehead atoms. The molecular weight excluding hydrogens is 278 g/mol. The summed E-state index contributed by atoms with van der Waals surface area (Å²) in [5.74, 6) is 1.12. The molecule has 0 unspecified atom stereocenters. The Morgan fingerprint density at radius 2 is 2.10 bits per heavy atom. The van der Waals surface area contributed by atoms with Gasteiger partial charge in [-0.2, -0.15) is 0 Å². The molecule has 0 saturated heterocycles. The summed E-state index contributed by atoms with van der Waals surface area (Å²) in [5.41, 5.74) is 0.461. The van der Waals surface area contributed by atoms with Crippen molar-refractivity contribution in [3.63, 3.8) is 0 Å². The molecule has 0 aliphatic rings. The Bertz CT molecular complexity index is 596. The molecule has 1 aromatic carbocycles.